The molecule has 1 saturated heterocycles. The van der Waals surface area contributed by atoms with E-state index >= 15 is 0 Å². The van der Waals surface area contributed by atoms with E-state index in [-0.39, 0.29) is 17.4 Å². The lowest BCUT2D eigenvalue weighted by Crippen LogP contribution is -2.27. The summed E-state index contributed by atoms with van der Waals surface area (Å²) in [4.78, 5) is 14.0. The summed E-state index contributed by atoms with van der Waals surface area (Å²) in [5, 5.41) is 10.0. The Morgan fingerprint density at radius 1 is 1.27 bits per heavy atom. The molecule has 1 saturated carbocycles. The van der Waals surface area contributed by atoms with Gasteiger partial charge in [-0.05, 0) is 36.6 Å². The highest BCUT2D eigenvalue weighted by atomic mass is 16.5. The number of hydrogen-bond acceptors (Lipinski definition) is 4. The lowest BCUT2D eigenvalue weighted by molar-refractivity contribution is -0.125. The molecule has 1 amide bonds. The van der Waals surface area contributed by atoms with Crippen molar-refractivity contribution in [1.82, 2.24) is 4.90 Å². The molecule has 1 unspecified atom stereocenters. The SMILES string of the molecule is COc1cc(/C=C/C(=O)N2CC(O)C3(CC3)C2)cc(OC)c1. The number of rotatable bonds is 4. The molecule has 0 bridgehead atoms. The van der Waals surface area contributed by atoms with Crippen LogP contribution in [-0.4, -0.2) is 49.3 Å². The maximum Gasteiger partial charge on any atom is 0.246 e. The molecular formula is C17H21NO4. The molecule has 5 nitrogen and oxygen atoms in total. The van der Waals surface area contributed by atoms with Crippen LogP contribution in [0.1, 0.15) is 18.4 Å². The zero-order valence-corrected chi connectivity index (χ0v) is 12.9. The van der Waals surface area contributed by atoms with Crippen LogP contribution in [0, 0.1) is 5.41 Å². The summed E-state index contributed by atoms with van der Waals surface area (Å²) in [6.45, 7) is 1.10. The average molecular weight is 303 g/mol. The smallest absolute Gasteiger partial charge is 0.246 e. The number of nitrogens with zero attached hydrogens (tertiary/aromatic N) is 1. The number of likely N-dealkylation sites (tertiary alicyclic amines) is 1. The Kier molecular flexibility index (Phi) is 3.83. The van der Waals surface area contributed by atoms with E-state index in [1.165, 1.54) is 0 Å². The minimum absolute atomic E-state index is 0.0112. The summed E-state index contributed by atoms with van der Waals surface area (Å²) in [5.41, 5.74) is 0.827. The number of ether oxygens (including phenoxy) is 2. The first-order valence-electron chi connectivity index (χ1n) is 7.44. The molecular weight excluding hydrogens is 282 g/mol. The third-order valence-corrected chi connectivity index (χ3v) is 4.60. The largest absolute Gasteiger partial charge is 0.497 e. The van der Waals surface area contributed by atoms with Crippen LogP contribution < -0.4 is 9.47 Å². The summed E-state index contributed by atoms with van der Waals surface area (Å²) in [6.07, 6.45) is 4.96. The summed E-state index contributed by atoms with van der Waals surface area (Å²) < 4.78 is 10.4. The van der Waals surface area contributed by atoms with Crippen LogP contribution in [-0.2, 0) is 4.79 Å². The highest BCUT2D eigenvalue weighted by Crippen LogP contribution is 2.52. The van der Waals surface area contributed by atoms with E-state index in [4.69, 9.17) is 9.47 Å². The Morgan fingerprint density at radius 3 is 2.41 bits per heavy atom. The predicted molar refractivity (Wildman–Crippen MR) is 82.8 cm³/mol. The fourth-order valence-corrected chi connectivity index (χ4v) is 2.97. The first-order valence-corrected chi connectivity index (χ1v) is 7.44. The highest BCUT2D eigenvalue weighted by molar-refractivity contribution is 5.92. The number of aliphatic hydroxyl groups excluding tert-OH is 1. The standard InChI is InChI=1S/C17H21NO4/c1-21-13-7-12(8-14(9-13)22-2)3-4-16(20)18-10-15(19)17(11-18)5-6-17/h3-4,7-9,15,19H,5-6,10-11H2,1-2H3/b4-3+. The van der Waals surface area contributed by atoms with Crippen LogP contribution in [0.3, 0.4) is 0 Å². The van der Waals surface area contributed by atoms with Gasteiger partial charge in [0.25, 0.3) is 0 Å². The Hall–Kier alpha value is -2.01. The zero-order valence-electron chi connectivity index (χ0n) is 12.9. The van der Waals surface area contributed by atoms with Gasteiger partial charge in [-0.2, -0.15) is 0 Å². The van der Waals surface area contributed by atoms with Crippen LogP contribution in [0.25, 0.3) is 6.08 Å². The normalized spacial score (nSPS) is 22.3. The molecule has 1 atom stereocenters. The number of aliphatic hydroxyl groups is 1. The van der Waals surface area contributed by atoms with Gasteiger partial charge < -0.3 is 19.5 Å². The molecule has 1 aromatic rings. The lowest BCUT2D eigenvalue weighted by Gasteiger charge is -2.13. The van der Waals surface area contributed by atoms with Gasteiger partial charge in [0, 0.05) is 30.6 Å². The van der Waals surface area contributed by atoms with Crippen molar-refractivity contribution >= 4 is 12.0 Å². The number of methoxy groups -OCH3 is 2. The average Bonchev–Trinajstić information content (AvgIpc) is 3.24. The molecule has 22 heavy (non-hydrogen) atoms. The molecule has 1 aromatic carbocycles. The quantitative estimate of drug-likeness (QED) is 0.860. The van der Waals surface area contributed by atoms with Crippen molar-refractivity contribution in [3.05, 3.63) is 29.8 Å². The van der Waals surface area contributed by atoms with Gasteiger partial charge in [-0.1, -0.05) is 0 Å². The number of benzene rings is 1. The Morgan fingerprint density at radius 2 is 1.91 bits per heavy atom. The van der Waals surface area contributed by atoms with Gasteiger partial charge in [-0.3, -0.25) is 4.79 Å². The second-order valence-corrected chi connectivity index (χ2v) is 6.08. The van der Waals surface area contributed by atoms with E-state index in [1.54, 1.807) is 37.3 Å². The predicted octanol–water partition coefficient (Wildman–Crippen LogP) is 1.70. The first kappa shape index (κ1) is 14.9. The van der Waals surface area contributed by atoms with Gasteiger partial charge in [0.2, 0.25) is 5.91 Å². The summed E-state index contributed by atoms with van der Waals surface area (Å²) in [5.74, 6) is 1.30. The van der Waals surface area contributed by atoms with Gasteiger partial charge in [0.1, 0.15) is 11.5 Å². The van der Waals surface area contributed by atoms with Crippen LogP contribution >= 0.6 is 0 Å². The number of amides is 1. The van der Waals surface area contributed by atoms with E-state index < -0.39 is 0 Å². The Labute approximate surface area is 130 Å². The number of hydrogen-bond donors (Lipinski definition) is 1. The summed E-state index contributed by atoms with van der Waals surface area (Å²) >= 11 is 0. The van der Waals surface area contributed by atoms with E-state index in [2.05, 4.69) is 0 Å². The fraction of sp³-hybridized carbons (Fsp3) is 0.471. The first-order chi connectivity index (χ1) is 10.6. The monoisotopic (exact) mass is 303 g/mol. The van der Waals surface area contributed by atoms with Crippen LogP contribution in [0.4, 0.5) is 0 Å². The van der Waals surface area contributed by atoms with Crippen molar-refractivity contribution < 1.29 is 19.4 Å². The molecule has 1 aliphatic heterocycles. The topological polar surface area (TPSA) is 59.0 Å². The van der Waals surface area contributed by atoms with Crippen molar-refractivity contribution in [3.63, 3.8) is 0 Å². The van der Waals surface area contributed by atoms with Crippen LogP contribution in [0.2, 0.25) is 0 Å². The molecule has 2 fully saturated rings. The van der Waals surface area contributed by atoms with Crippen molar-refractivity contribution in [1.29, 1.82) is 0 Å². The van der Waals surface area contributed by atoms with Gasteiger partial charge in [-0.25, -0.2) is 0 Å². The summed E-state index contributed by atoms with van der Waals surface area (Å²) in [7, 11) is 3.18. The second-order valence-electron chi connectivity index (χ2n) is 6.08. The van der Waals surface area contributed by atoms with Crippen LogP contribution in [0.5, 0.6) is 11.5 Å². The van der Waals surface area contributed by atoms with Crippen LogP contribution in [0.15, 0.2) is 24.3 Å². The molecule has 0 aromatic heterocycles. The van der Waals surface area contributed by atoms with Crippen molar-refractivity contribution in [2.75, 3.05) is 27.3 Å². The molecule has 2 aliphatic rings. The Balaban J connectivity index is 1.70. The van der Waals surface area contributed by atoms with Crippen molar-refractivity contribution in [2.24, 2.45) is 5.41 Å². The van der Waals surface area contributed by atoms with E-state index in [0.29, 0.717) is 24.6 Å². The maximum atomic E-state index is 12.3. The molecule has 0 radical (unpaired) electrons. The van der Waals surface area contributed by atoms with E-state index in [9.17, 15) is 9.90 Å². The second kappa shape index (κ2) is 5.65. The van der Waals surface area contributed by atoms with Gasteiger partial charge in [0.05, 0.1) is 20.3 Å². The van der Waals surface area contributed by atoms with Crippen molar-refractivity contribution in [2.45, 2.75) is 18.9 Å². The van der Waals surface area contributed by atoms with E-state index in [0.717, 1.165) is 18.4 Å². The molecule has 1 N–H and O–H groups in total. The number of carbonyl (C=O) groups is 1. The minimum Gasteiger partial charge on any atom is -0.497 e. The lowest BCUT2D eigenvalue weighted by atomic mass is 10.0. The molecule has 1 heterocycles. The molecule has 118 valence electrons. The molecule has 1 aliphatic carbocycles. The third-order valence-electron chi connectivity index (χ3n) is 4.60. The van der Waals surface area contributed by atoms with Gasteiger partial charge in [-0.15, -0.1) is 0 Å². The maximum absolute atomic E-state index is 12.3. The zero-order chi connectivity index (χ0) is 15.7. The van der Waals surface area contributed by atoms with E-state index in [1.807, 2.05) is 12.1 Å². The molecule has 1 spiro atoms. The summed E-state index contributed by atoms with van der Waals surface area (Å²) in [6, 6.07) is 5.47. The minimum atomic E-state index is -0.373. The van der Waals surface area contributed by atoms with Gasteiger partial charge >= 0.3 is 0 Å². The van der Waals surface area contributed by atoms with Gasteiger partial charge in [0.15, 0.2) is 0 Å². The van der Waals surface area contributed by atoms with Crippen molar-refractivity contribution in [3.8, 4) is 11.5 Å². The Bertz CT molecular complexity index is 584. The fourth-order valence-electron chi connectivity index (χ4n) is 2.97. The number of carbonyl (C=O) groups excluding carboxylic acids is 1. The number of β-amino-alcohol motifs (C(OH)–C–C–N with tert-alkyl or cyclic N) is 1. The molecule has 5 heteroatoms. The molecule has 3 rings (SSSR count). The highest BCUT2D eigenvalue weighted by Gasteiger charge is 2.55. The third kappa shape index (κ3) is 2.81.